The third-order valence-electron chi connectivity index (χ3n) is 2.96. The highest BCUT2D eigenvalue weighted by atomic mass is 16.2. The van der Waals surface area contributed by atoms with Gasteiger partial charge in [0.25, 0.3) is 0 Å². The average Bonchev–Trinajstić information content (AvgIpc) is 2.49. The topological polar surface area (TPSA) is 111 Å². The Morgan fingerprint density at radius 3 is 2.62 bits per heavy atom. The fraction of sp³-hybridized carbons (Fsp3) is 0.400. The van der Waals surface area contributed by atoms with Gasteiger partial charge in [-0.1, -0.05) is 30.3 Å². The van der Waals surface area contributed by atoms with Crippen LogP contribution in [0.25, 0.3) is 0 Å². The molecule has 114 valence electrons. The largest absolute Gasteiger partial charge is 0.370 e. The van der Waals surface area contributed by atoms with E-state index in [1.165, 1.54) is 0 Å². The molecule has 0 saturated carbocycles. The van der Waals surface area contributed by atoms with Crippen molar-refractivity contribution in [2.45, 2.75) is 31.7 Å². The zero-order valence-electron chi connectivity index (χ0n) is 12.0. The molecular weight excluding hydrogens is 268 g/mol. The van der Waals surface area contributed by atoms with Crippen molar-refractivity contribution in [1.29, 1.82) is 0 Å². The fourth-order valence-electron chi connectivity index (χ4n) is 1.88. The van der Waals surface area contributed by atoms with Crippen molar-refractivity contribution in [3.8, 4) is 0 Å². The number of rotatable bonds is 9. The Balaban J connectivity index is 2.27. The van der Waals surface area contributed by atoms with Crippen molar-refractivity contribution in [3.63, 3.8) is 0 Å². The summed E-state index contributed by atoms with van der Waals surface area (Å²) in [6, 6.07) is 9.26. The van der Waals surface area contributed by atoms with Crippen molar-refractivity contribution in [3.05, 3.63) is 35.9 Å². The van der Waals surface area contributed by atoms with Crippen molar-refractivity contribution in [2.75, 3.05) is 6.54 Å². The van der Waals surface area contributed by atoms with Crippen molar-refractivity contribution in [2.24, 2.45) is 16.5 Å². The van der Waals surface area contributed by atoms with Gasteiger partial charge in [0.05, 0.1) is 6.04 Å². The second-order valence-corrected chi connectivity index (χ2v) is 4.74. The first-order valence-electron chi connectivity index (χ1n) is 6.96. The molecule has 21 heavy (non-hydrogen) atoms. The van der Waals surface area contributed by atoms with Crippen LogP contribution in [0.15, 0.2) is 35.3 Å². The van der Waals surface area contributed by atoms with Crippen molar-refractivity contribution >= 4 is 18.2 Å². The molecule has 5 N–H and O–H groups in total. The lowest BCUT2D eigenvalue weighted by molar-refractivity contribution is -0.124. The predicted molar refractivity (Wildman–Crippen MR) is 82.7 cm³/mol. The molecule has 0 aromatic heterocycles. The average molecular weight is 290 g/mol. The van der Waals surface area contributed by atoms with E-state index >= 15 is 0 Å². The molecule has 0 heterocycles. The van der Waals surface area contributed by atoms with Crippen LogP contribution in [0.3, 0.4) is 0 Å². The van der Waals surface area contributed by atoms with Crippen LogP contribution in [0.2, 0.25) is 0 Å². The minimum Gasteiger partial charge on any atom is -0.370 e. The lowest BCUT2D eigenvalue weighted by atomic mass is 10.1. The van der Waals surface area contributed by atoms with E-state index in [2.05, 4.69) is 10.3 Å². The molecule has 0 unspecified atom stereocenters. The molecule has 0 aliphatic carbocycles. The van der Waals surface area contributed by atoms with Crippen LogP contribution in [-0.4, -0.2) is 30.7 Å². The molecule has 0 aliphatic heterocycles. The maximum Gasteiger partial charge on any atom is 0.220 e. The highest BCUT2D eigenvalue weighted by Crippen LogP contribution is 2.03. The molecule has 0 radical (unpaired) electrons. The summed E-state index contributed by atoms with van der Waals surface area (Å²) in [6.45, 7) is 0.451. The van der Waals surface area contributed by atoms with Crippen molar-refractivity contribution in [1.82, 2.24) is 5.32 Å². The lowest BCUT2D eigenvalue weighted by Gasteiger charge is -2.12. The van der Waals surface area contributed by atoms with E-state index in [-0.39, 0.29) is 11.9 Å². The fourth-order valence-corrected chi connectivity index (χ4v) is 1.88. The molecule has 0 saturated heterocycles. The van der Waals surface area contributed by atoms with Gasteiger partial charge in [-0.3, -0.25) is 9.79 Å². The number of nitrogens with two attached hydrogens (primary N) is 2. The molecule has 0 aliphatic rings. The highest BCUT2D eigenvalue weighted by molar-refractivity contribution is 5.79. The Kier molecular flexibility index (Phi) is 7.56. The van der Waals surface area contributed by atoms with E-state index in [1.807, 2.05) is 30.3 Å². The van der Waals surface area contributed by atoms with E-state index in [9.17, 15) is 9.59 Å². The van der Waals surface area contributed by atoms with Gasteiger partial charge < -0.3 is 21.6 Å². The summed E-state index contributed by atoms with van der Waals surface area (Å²) in [5.41, 5.74) is 11.5. The molecule has 6 heteroatoms. The second-order valence-electron chi connectivity index (χ2n) is 4.74. The molecule has 0 bridgehead atoms. The number of aryl methyl sites for hydroxylation is 1. The Labute approximate surface area is 124 Å². The molecular formula is C15H22N4O2. The van der Waals surface area contributed by atoms with Gasteiger partial charge in [-0.05, 0) is 24.8 Å². The van der Waals surface area contributed by atoms with E-state index in [0.717, 1.165) is 11.8 Å². The second kappa shape index (κ2) is 9.52. The summed E-state index contributed by atoms with van der Waals surface area (Å²) in [4.78, 5) is 26.6. The minimum absolute atomic E-state index is 0.0320. The van der Waals surface area contributed by atoms with Gasteiger partial charge in [0.15, 0.2) is 5.96 Å². The number of guanidine groups is 1. The first-order valence-corrected chi connectivity index (χ1v) is 6.96. The first kappa shape index (κ1) is 16.7. The number of hydrogen-bond donors (Lipinski definition) is 3. The van der Waals surface area contributed by atoms with Gasteiger partial charge in [0, 0.05) is 13.0 Å². The van der Waals surface area contributed by atoms with E-state index in [4.69, 9.17) is 11.5 Å². The van der Waals surface area contributed by atoms with Crippen LogP contribution < -0.4 is 16.8 Å². The predicted octanol–water partition coefficient (Wildman–Crippen LogP) is 0.357. The van der Waals surface area contributed by atoms with Gasteiger partial charge in [-0.25, -0.2) is 0 Å². The number of aliphatic imine (C=N–C) groups is 1. The van der Waals surface area contributed by atoms with E-state index in [0.29, 0.717) is 32.2 Å². The number of aldehydes is 1. The van der Waals surface area contributed by atoms with Crippen LogP contribution in [0.4, 0.5) is 0 Å². The summed E-state index contributed by atoms with van der Waals surface area (Å²) in [6.07, 6.45) is 2.93. The Hall–Kier alpha value is -2.37. The molecule has 1 aromatic rings. The van der Waals surface area contributed by atoms with Crippen LogP contribution in [0, 0.1) is 0 Å². The van der Waals surface area contributed by atoms with Gasteiger partial charge in [-0.2, -0.15) is 0 Å². The number of benzene rings is 1. The van der Waals surface area contributed by atoms with Crippen LogP contribution >= 0.6 is 0 Å². The smallest absolute Gasteiger partial charge is 0.220 e. The summed E-state index contributed by atoms with van der Waals surface area (Å²) in [5.74, 6) is -0.0951. The van der Waals surface area contributed by atoms with Gasteiger partial charge in [0.2, 0.25) is 5.91 Å². The normalized spacial score (nSPS) is 11.4. The van der Waals surface area contributed by atoms with Crippen molar-refractivity contribution < 1.29 is 9.59 Å². The zero-order chi connectivity index (χ0) is 15.5. The highest BCUT2D eigenvalue weighted by Gasteiger charge is 2.10. The van der Waals surface area contributed by atoms with Crippen LogP contribution in [0.1, 0.15) is 24.8 Å². The van der Waals surface area contributed by atoms with Crippen LogP contribution in [-0.2, 0) is 16.0 Å². The lowest BCUT2D eigenvalue weighted by Crippen LogP contribution is -2.36. The molecule has 1 aromatic carbocycles. The molecule has 1 amide bonds. The standard InChI is InChI=1S/C15H22N4O2/c16-15(17)18-10-4-7-13(11-20)19-14(21)9-8-12-5-2-1-3-6-12/h1-3,5-6,11,13H,4,7-10H2,(H,19,21)(H4,16,17,18)/t13-/m0/s1. The Morgan fingerprint density at radius 2 is 2.00 bits per heavy atom. The van der Waals surface area contributed by atoms with Gasteiger partial charge in [0.1, 0.15) is 6.29 Å². The molecule has 0 spiro atoms. The number of hydrogen-bond acceptors (Lipinski definition) is 3. The first-order chi connectivity index (χ1) is 10.1. The monoisotopic (exact) mass is 290 g/mol. The van der Waals surface area contributed by atoms with Gasteiger partial charge >= 0.3 is 0 Å². The molecule has 0 fully saturated rings. The number of amides is 1. The molecule has 1 rings (SSSR count). The minimum atomic E-state index is -0.484. The number of carbonyl (C=O) groups is 2. The number of nitrogens with zero attached hydrogens (tertiary/aromatic N) is 1. The van der Waals surface area contributed by atoms with E-state index < -0.39 is 6.04 Å². The van der Waals surface area contributed by atoms with Gasteiger partial charge in [-0.15, -0.1) is 0 Å². The maximum absolute atomic E-state index is 11.8. The zero-order valence-corrected chi connectivity index (χ0v) is 12.0. The summed E-state index contributed by atoms with van der Waals surface area (Å²) in [5, 5.41) is 2.71. The van der Waals surface area contributed by atoms with E-state index in [1.54, 1.807) is 0 Å². The quantitative estimate of drug-likeness (QED) is 0.264. The maximum atomic E-state index is 11.8. The SMILES string of the molecule is NC(N)=NCCC[C@@H](C=O)NC(=O)CCc1ccccc1. The summed E-state index contributed by atoms with van der Waals surface area (Å²) < 4.78 is 0. The third-order valence-corrected chi connectivity index (χ3v) is 2.96. The Bertz CT molecular complexity index is 470. The molecule has 6 nitrogen and oxygen atoms in total. The van der Waals surface area contributed by atoms with Crippen LogP contribution in [0.5, 0.6) is 0 Å². The summed E-state index contributed by atoms with van der Waals surface area (Å²) in [7, 11) is 0. The molecule has 1 atom stereocenters. The Morgan fingerprint density at radius 1 is 1.29 bits per heavy atom. The third kappa shape index (κ3) is 7.71. The number of carbonyl (C=O) groups excluding carboxylic acids is 2. The number of nitrogens with one attached hydrogen (secondary N) is 1. The summed E-state index contributed by atoms with van der Waals surface area (Å²) >= 11 is 0.